The van der Waals surface area contributed by atoms with Crippen molar-refractivity contribution in [2.24, 2.45) is 5.41 Å². The van der Waals surface area contributed by atoms with E-state index in [-0.39, 0.29) is 0 Å². The summed E-state index contributed by atoms with van der Waals surface area (Å²) in [5.41, 5.74) is 0.576. The van der Waals surface area contributed by atoms with E-state index in [1.165, 1.54) is 205 Å². The third kappa shape index (κ3) is 32.1. The average Bonchev–Trinajstić information content (AvgIpc) is 2.88. The molecular formula is C37H76. The first kappa shape index (κ1) is 37.0. The second-order valence-electron chi connectivity index (χ2n) is 13.6. The van der Waals surface area contributed by atoms with Crippen molar-refractivity contribution in [2.45, 2.75) is 233 Å². The summed E-state index contributed by atoms with van der Waals surface area (Å²) in [5, 5.41) is 0. The fourth-order valence-corrected chi connectivity index (χ4v) is 6.07. The molecule has 0 heteroatoms. The minimum Gasteiger partial charge on any atom is -0.0654 e. The van der Waals surface area contributed by atoms with E-state index in [0.29, 0.717) is 5.41 Å². The van der Waals surface area contributed by atoms with Gasteiger partial charge in [0.05, 0.1) is 0 Å². The third-order valence-electron chi connectivity index (χ3n) is 8.91. The Morgan fingerprint density at radius 1 is 0.243 bits per heavy atom. The van der Waals surface area contributed by atoms with Crippen LogP contribution in [0.5, 0.6) is 0 Å². The molecule has 0 aromatic carbocycles. The van der Waals surface area contributed by atoms with Crippen molar-refractivity contribution in [3.8, 4) is 0 Å². The maximum Gasteiger partial charge on any atom is -0.0354 e. The number of hydrogen-bond acceptors (Lipinski definition) is 0. The first-order chi connectivity index (χ1) is 18.1. The van der Waals surface area contributed by atoms with E-state index in [0.717, 1.165) is 0 Å². The summed E-state index contributed by atoms with van der Waals surface area (Å²) in [6, 6.07) is 0. The molecule has 0 unspecified atom stereocenters. The maximum absolute atomic E-state index is 2.53. The van der Waals surface area contributed by atoms with Crippen LogP contribution in [0.1, 0.15) is 233 Å². The van der Waals surface area contributed by atoms with E-state index >= 15 is 0 Å². The lowest BCUT2D eigenvalue weighted by atomic mass is 9.81. The van der Waals surface area contributed by atoms with Crippen molar-refractivity contribution in [2.75, 3.05) is 0 Å². The van der Waals surface area contributed by atoms with Gasteiger partial charge in [-0.1, -0.05) is 220 Å². The number of unbranched alkanes of at least 4 members (excludes halogenated alkanes) is 28. The summed E-state index contributed by atoms with van der Waals surface area (Å²) >= 11 is 0. The fourth-order valence-electron chi connectivity index (χ4n) is 6.07. The third-order valence-corrected chi connectivity index (χ3v) is 8.91. The molecule has 0 aliphatic heterocycles. The summed E-state index contributed by atoms with van der Waals surface area (Å²) in [7, 11) is 0. The van der Waals surface area contributed by atoms with Crippen LogP contribution < -0.4 is 0 Å². The highest BCUT2D eigenvalue weighted by Crippen LogP contribution is 2.30. The molecule has 0 heterocycles. The van der Waals surface area contributed by atoms with Gasteiger partial charge in [-0.2, -0.15) is 0 Å². The van der Waals surface area contributed by atoms with Crippen LogP contribution in [0.25, 0.3) is 0 Å². The standard InChI is InChI=1S/C37H76/c1-5-7-9-11-13-15-17-19-21-23-25-27-29-31-33-35-37(3,4)36-34-32-30-28-26-24-22-20-18-16-14-12-10-8-6-2/h5-36H2,1-4H3. The lowest BCUT2D eigenvalue weighted by Gasteiger charge is -2.24. The van der Waals surface area contributed by atoms with E-state index in [1.54, 1.807) is 0 Å². The zero-order valence-electron chi connectivity index (χ0n) is 27.1. The Morgan fingerprint density at radius 3 is 0.595 bits per heavy atom. The molecule has 0 amide bonds. The summed E-state index contributed by atoms with van der Waals surface area (Å²) in [6.45, 7) is 9.67. The van der Waals surface area contributed by atoms with Crippen LogP contribution in [0.15, 0.2) is 0 Å². The normalized spacial score (nSPS) is 12.0. The zero-order chi connectivity index (χ0) is 27.1. The van der Waals surface area contributed by atoms with Crippen LogP contribution >= 0.6 is 0 Å². The Morgan fingerprint density at radius 2 is 0.405 bits per heavy atom. The van der Waals surface area contributed by atoms with Gasteiger partial charge >= 0.3 is 0 Å². The first-order valence-electron chi connectivity index (χ1n) is 18.1. The van der Waals surface area contributed by atoms with Gasteiger partial charge in [-0.05, 0) is 18.3 Å². The molecule has 0 aromatic rings. The monoisotopic (exact) mass is 521 g/mol. The molecule has 0 aromatic heterocycles. The summed E-state index contributed by atoms with van der Waals surface area (Å²) in [6.07, 6.45) is 47.0. The molecule has 0 nitrogen and oxygen atoms in total. The van der Waals surface area contributed by atoms with E-state index in [1.807, 2.05) is 0 Å². The summed E-state index contributed by atoms with van der Waals surface area (Å²) in [4.78, 5) is 0. The fraction of sp³-hybridized carbons (Fsp3) is 1.00. The van der Waals surface area contributed by atoms with Crippen molar-refractivity contribution in [3.05, 3.63) is 0 Å². The van der Waals surface area contributed by atoms with E-state index < -0.39 is 0 Å². The highest BCUT2D eigenvalue weighted by atomic mass is 14.2. The minimum absolute atomic E-state index is 0.576. The van der Waals surface area contributed by atoms with Crippen molar-refractivity contribution in [1.82, 2.24) is 0 Å². The van der Waals surface area contributed by atoms with Gasteiger partial charge in [0.15, 0.2) is 0 Å². The van der Waals surface area contributed by atoms with Gasteiger partial charge in [-0.15, -0.1) is 0 Å². The molecule has 0 aliphatic rings. The van der Waals surface area contributed by atoms with E-state index in [4.69, 9.17) is 0 Å². The quantitative estimate of drug-likeness (QED) is 0.0773. The Balaban J connectivity index is 3.27. The minimum atomic E-state index is 0.576. The summed E-state index contributed by atoms with van der Waals surface area (Å²) in [5.74, 6) is 0. The predicted octanol–water partition coefficient (Wildman–Crippen LogP) is 14.5. The van der Waals surface area contributed by atoms with Crippen molar-refractivity contribution in [1.29, 1.82) is 0 Å². The largest absolute Gasteiger partial charge is 0.0654 e. The maximum atomic E-state index is 2.53. The number of rotatable bonds is 32. The average molecular weight is 521 g/mol. The van der Waals surface area contributed by atoms with E-state index in [2.05, 4.69) is 27.7 Å². The molecule has 0 radical (unpaired) electrons. The Bertz CT molecular complexity index is 359. The molecule has 0 rings (SSSR count). The van der Waals surface area contributed by atoms with Gasteiger partial charge in [-0.25, -0.2) is 0 Å². The topological polar surface area (TPSA) is 0 Å². The molecular weight excluding hydrogens is 444 g/mol. The van der Waals surface area contributed by atoms with E-state index in [9.17, 15) is 0 Å². The molecule has 0 saturated heterocycles. The molecule has 0 N–H and O–H groups in total. The second-order valence-corrected chi connectivity index (χ2v) is 13.6. The van der Waals surface area contributed by atoms with Crippen molar-refractivity contribution in [3.63, 3.8) is 0 Å². The van der Waals surface area contributed by atoms with Crippen LogP contribution in [-0.4, -0.2) is 0 Å². The van der Waals surface area contributed by atoms with Gasteiger partial charge in [-0.3, -0.25) is 0 Å². The van der Waals surface area contributed by atoms with Crippen LogP contribution in [0.2, 0.25) is 0 Å². The molecule has 0 atom stereocenters. The molecule has 37 heavy (non-hydrogen) atoms. The molecule has 0 aliphatic carbocycles. The van der Waals surface area contributed by atoms with Gasteiger partial charge < -0.3 is 0 Å². The Labute approximate surface area is 238 Å². The highest BCUT2D eigenvalue weighted by molar-refractivity contribution is 4.69. The van der Waals surface area contributed by atoms with Gasteiger partial charge in [0.25, 0.3) is 0 Å². The Kier molecular flexibility index (Phi) is 30.5. The Hall–Kier alpha value is 0. The van der Waals surface area contributed by atoms with Crippen molar-refractivity contribution < 1.29 is 0 Å². The lowest BCUT2D eigenvalue weighted by molar-refractivity contribution is 0.282. The first-order valence-corrected chi connectivity index (χ1v) is 18.1. The molecule has 0 bridgehead atoms. The second kappa shape index (κ2) is 30.5. The summed E-state index contributed by atoms with van der Waals surface area (Å²) < 4.78 is 0. The SMILES string of the molecule is CCCCCCCCCCCCCCCCCC(C)(C)CCCCCCCCCCCCCCCCC. The van der Waals surface area contributed by atoms with Crippen LogP contribution in [-0.2, 0) is 0 Å². The van der Waals surface area contributed by atoms with Crippen LogP contribution in [0.4, 0.5) is 0 Å². The van der Waals surface area contributed by atoms with Gasteiger partial charge in [0.1, 0.15) is 0 Å². The zero-order valence-corrected chi connectivity index (χ0v) is 27.1. The molecule has 224 valence electrons. The molecule has 0 fully saturated rings. The van der Waals surface area contributed by atoms with Gasteiger partial charge in [0.2, 0.25) is 0 Å². The lowest BCUT2D eigenvalue weighted by Crippen LogP contribution is -2.11. The molecule has 0 spiro atoms. The number of hydrogen-bond donors (Lipinski definition) is 0. The molecule has 0 saturated carbocycles. The van der Waals surface area contributed by atoms with Crippen LogP contribution in [0, 0.1) is 5.41 Å². The smallest absolute Gasteiger partial charge is 0.0354 e. The van der Waals surface area contributed by atoms with Crippen molar-refractivity contribution >= 4 is 0 Å². The van der Waals surface area contributed by atoms with Crippen LogP contribution in [0.3, 0.4) is 0 Å². The predicted molar refractivity (Wildman–Crippen MR) is 173 cm³/mol. The van der Waals surface area contributed by atoms with Gasteiger partial charge in [0, 0.05) is 0 Å². The highest BCUT2D eigenvalue weighted by Gasteiger charge is 2.16.